The summed E-state index contributed by atoms with van der Waals surface area (Å²) in [6.07, 6.45) is 2.07. The highest BCUT2D eigenvalue weighted by Gasteiger charge is 2.18. The zero-order valence-electron chi connectivity index (χ0n) is 21.6. The highest BCUT2D eigenvalue weighted by atomic mass is 35.5. The largest absolute Gasteiger partial charge is 0.487 e. The van der Waals surface area contributed by atoms with Gasteiger partial charge < -0.3 is 25.3 Å². The quantitative estimate of drug-likeness (QED) is 0.192. The Bertz CT molecular complexity index is 1540. The maximum Gasteiger partial charge on any atom is 0.251 e. The van der Waals surface area contributed by atoms with E-state index in [2.05, 4.69) is 27.1 Å². The van der Waals surface area contributed by atoms with E-state index in [0.29, 0.717) is 51.1 Å². The summed E-state index contributed by atoms with van der Waals surface area (Å²) in [5.74, 6) is 6.13. The van der Waals surface area contributed by atoms with Crippen molar-refractivity contribution in [2.24, 2.45) is 5.73 Å². The van der Waals surface area contributed by atoms with Crippen molar-refractivity contribution in [1.29, 1.82) is 0 Å². The maximum absolute atomic E-state index is 13.4. The summed E-state index contributed by atoms with van der Waals surface area (Å²) in [6.45, 7) is 0.736. The third-order valence-corrected chi connectivity index (χ3v) is 5.85. The van der Waals surface area contributed by atoms with E-state index in [0.717, 1.165) is 0 Å². The minimum absolute atomic E-state index is 0.177. The Balaban J connectivity index is 1.47. The number of benzene rings is 3. The Labute approximate surface area is 236 Å². The average molecular weight is 561 g/mol. The summed E-state index contributed by atoms with van der Waals surface area (Å²) in [6, 6.07) is 18.4. The molecule has 3 N–H and O–H groups in total. The summed E-state index contributed by atoms with van der Waals surface area (Å²) < 4.78 is 29.7. The molecule has 1 aromatic heterocycles. The van der Waals surface area contributed by atoms with Crippen LogP contribution in [-0.2, 0) is 20.9 Å². The lowest BCUT2D eigenvalue weighted by Gasteiger charge is -2.15. The van der Waals surface area contributed by atoms with E-state index < -0.39 is 12.0 Å². The number of amides is 1. The number of nitrogens with zero attached hydrogens (tertiary/aromatic N) is 2. The normalized spacial score (nSPS) is 11.3. The van der Waals surface area contributed by atoms with Crippen molar-refractivity contribution in [3.63, 3.8) is 0 Å². The van der Waals surface area contributed by atoms with Gasteiger partial charge in [0.25, 0.3) is 5.91 Å². The lowest BCUT2D eigenvalue weighted by molar-refractivity contribution is -0.130. The van der Waals surface area contributed by atoms with Gasteiger partial charge in [-0.2, -0.15) is 0 Å². The van der Waals surface area contributed by atoms with Gasteiger partial charge in [-0.25, -0.2) is 14.4 Å². The van der Waals surface area contributed by atoms with Crippen LogP contribution in [0, 0.1) is 17.7 Å². The molecule has 0 aliphatic carbocycles. The van der Waals surface area contributed by atoms with E-state index in [1.54, 1.807) is 61.8 Å². The molecular formula is C30H26ClFN4O4. The first kappa shape index (κ1) is 28.5. The molecule has 0 bridgehead atoms. The molecule has 40 heavy (non-hydrogen) atoms. The van der Waals surface area contributed by atoms with Crippen molar-refractivity contribution in [3.05, 3.63) is 112 Å². The van der Waals surface area contributed by atoms with Gasteiger partial charge in [0.05, 0.1) is 23.8 Å². The summed E-state index contributed by atoms with van der Waals surface area (Å²) in [7, 11) is 1.55. The lowest BCUT2D eigenvalue weighted by Crippen LogP contribution is -2.25. The van der Waals surface area contributed by atoms with Crippen LogP contribution in [0.1, 0.15) is 28.4 Å². The smallest absolute Gasteiger partial charge is 0.251 e. The number of methoxy groups -OCH3 is 1. The fraction of sp³-hybridized carbons (Fsp3) is 0.167. The fourth-order valence-electron chi connectivity index (χ4n) is 3.65. The van der Waals surface area contributed by atoms with Crippen molar-refractivity contribution in [2.45, 2.75) is 12.7 Å². The SMILES string of the molecule is COCCOC(C(N)=O)c1cccc(C#Cc2cncnc2Nc2ccc(OCc3cccc(F)c3)c(Cl)c2)c1. The molecule has 1 heterocycles. The van der Waals surface area contributed by atoms with Gasteiger partial charge in [-0.3, -0.25) is 4.79 Å². The van der Waals surface area contributed by atoms with Crippen molar-refractivity contribution in [3.8, 4) is 17.6 Å². The molecule has 204 valence electrons. The molecule has 1 amide bonds. The number of halogens is 2. The number of aromatic nitrogens is 2. The van der Waals surface area contributed by atoms with E-state index in [9.17, 15) is 9.18 Å². The van der Waals surface area contributed by atoms with Crippen LogP contribution in [-0.4, -0.2) is 36.2 Å². The number of nitrogens with one attached hydrogen (secondary N) is 1. The molecular weight excluding hydrogens is 535 g/mol. The molecule has 0 saturated heterocycles. The zero-order valence-corrected chi connectivity index (χ0v) is 22.3. The van der Waals surface area contributed by atoms with Crippen LogP contribution in [0.25, 0.3) is 0 Å². The van der Waals surface area contributed by atoms with Crippen LogP contribution < -0.4 is 15.8 Å². The number of rotatable bonds is 11. The monoisotopic (exact) mass is 560 g/mol. The molecule has 0 spiro atoms. The second kappa shape index (κ2) is 14.1. The zero-order chi connectivity index (χ0) is 28.3. The minimum atomic E-state index is -0.917. The molecule has 8 nitrogen and oxygen atoms in total. The van der Waals surface area contributed by atoms with Crippen molar-refractivity contribution in [2.75, 3.05) is 25.6 Å². The number of carbonyl (C=O) groups excluding carboxylic acids is 1. The van der Waals surface area contributed by atoms with Gasteiger partial charge in [0.15, 0.2) is 6.10 Å². The standard InChI is InChI=1S/C30H26ClFN4O4/c1-38-12-13-39-28(29(33)37)22-6-2-4-20(14-22)8-9-23-17-34-19-35-30(23)36-25-10-11-27(26(31)16-25)40-18-21-5-3-7-24(32)15-21/h2-7,10-11,14-17,19,28H,12-13,18H2,1H3,(H2,33,37)(H,34,35,36). The van der Waals surface area contributed by atoms with E-state index in [1.807, 2.05) is 6.07 Å². The van der Waals surface area contributed by atoms with Crippen LogP contribution in [0.2, 0.25) is 5.02 Å². The second-order valence-electron chi connectivity index (χ2n) is 8.50. The summed E-state index contributed by atoms with van der Waals surface area (Å²) >= 11 is 6.43. The summed E-state index contributed by atoms with van der Waals surface area (Å²) in [5, 5.41) is 3.57. The Kier molecular flexibility index (Phi) is 10.0. The topological polar surface area (TPSA) is 109 Å². The Morgan fingerprint density at radius 2 is 1.95 bits per heavy atom. The Hall–Kier alpha value is -4.49. The molecule has 0 aliphatic heterocycles. The first-order valence-electron chi connectivity index (χ1n) is 12.2. The van der Waals surface area contributed by atoms with Gasteiger partial charge in [-0.05, 0) is 53.6 Å². The van der Waals surface area contributed by atoms with E-state index in [4.69, 9.17) is 31.5 Å². The predicted octanol–water partition coefficient (Wildman–Crippen LogP) is 5.18. The van der Waals surface area contributed by atoms with Gasteiger partial charge in [-0.15, -0.1) is 0 Å². The number of hydrogen-bond acceptors (Lipinski definition) is 7. The number of primary amides is 1. The maximum atomic E-state index is 13.4. The molecule has 0 radical (unpaired) electrons. The Morgan fingerprint density at radius 3 is 2.73 bits per heavy atom. The van der Waals surface area contributed by atoms with Crippen molar-refractivity contribution >= 4 is 29.0 Å². The van der Waals surface area contributed by atoms with Gasteiger partial charge in [0.1, 0.15) is 30.3 Å². The van der Waals surface area contributed by atoms with Crippen LogP contribution in [0.15, 0.2) is 79.3 Å². The van der Waals surface area contributed by atoms with Crippen LogP contribution in [0.3, 0.4) is 0 Å². The van der Waals surface area contributed by atoms with E-state index in [-0.39, 0.29) is 19.0 Å². The number of hydrogen-bond donors (Lipinski definition) is 2. The van der Waals surface area contributed by atoms with Crippen molar-refractivity contribution in [1.82, 2.24) is 9.97 Å². The van der Waals surface area contributed by atoms with Crippen molar-refractivity contribution < 1.29 is 23.4 Å². The molecule has 4 rings (SSSR count). The summed E-state index contributed by atoms with van der Waals surface area (Å²) in [5.41, 5.74) is 8.66. The molecule has 3 aromatic carbocycles. The first-order chi connectivity index (χ1) is 19.4. The van der Waals surface area contributed by atoms with E-state index in [1.165, 1.54) is 18.5 Å². The second-order valence-corrected chi connectivity index (χ2v) is 8.90. The highest BCUT2D eigenvalue weighted by molar-refractivity contribution is 6.32. The molecule has 1 atom stereocenters. The number of ether oxygens (including phenoxy) is 3. The summed E-state index contributed by atoms with van der Waals surface area (Å²) in [4.78, 5) is 20.3. The van der Waals surface area contributed by atoms with Gasteiger partial charge in [-0.1, -0.05) is 47.7 Å². The Morgan fingerprint density at radius 1 is 1.10 bits per heavy atom. The van der Waals surface area contributed by atoms with Crippen LogP contribution in [0.4, 0.5) is 15.9 Å². The fourth-order valence-corrected chi connectivity index (χ4v) is 3.89. The number of carbonyl (C=O) groups is 1. The molecule has 0 fully saturated rings. The number of anilines is 2. The average Bonchev–Trinajstić information content (AvgIpc) is 2.94. The predicted molar refractivity (Wildman–Crippen MR) is 150 cm³/mol. The van der Waals surface area contributed by atoms with Crippen LogP contribution in [0.5, 0.6) is 5.75 Å². The first-order valence-corrected chi connectivity index (χ1v) is 12.6. The van der Waals surface area contributed by atoms with Gasteiger partial charge >= 0.3 is 0 Å². The van der Waals surface area contributed by atoms with E-state index >= 15 is 0 Å². The third kappa shape index (κ3) is 8.01. The molecule has 4 aromatic rings. The molecule has 0 aliphatic rings. The highest BCUT2D eigenvalue weighted by Crippen LogP contribution is 2.30. The van der Waals surface area contributed by atoms with Gasteiger partial charge in [0, 0.05) is 24.6 Å². The van der Waals surface area contributed by atoms with Crippen LogP contribution >= 0.6 is 11.6 Å². The molecule has 10 heteroatoms. The number of nitrogens with two attached hydrogens (primary N) is 1. The lowest BCUT2D eigenvalue weighted by atomic mass is 10.1. The van der Waals surface area contributed by atoms with Gasteiger partial charge in [0.2, 0.25) is 0 Å². The molecule has 0 saturated carbocycles. The minimum Gasteiger partial charge on any atom is -0.487 e. The molecule has 1 unspecified atom stereocenters. The third-order valence-electron chi connectivity index (χ3n) is 5.55.